The molecular formula is C31H34F4. The maximum atomic E-state index is 15.1. The summed E-state index contributed by atoms with van der Waals surface area (Å²) in [5, 5.41) is 0. The van der Waals surface area contributed by atoms with Crippen molar-refractivity contribution in [2.45, 2.75) is 77.6 Å². The number of hydrogen-bond acceptors (Lipinski definition) is 0. The van der Waals surface area contributed by atoms with Crippen molar-refractivity contribution in [1.82, 2.24) is 0 Å². The number of halogens is 4. The SMILES string of the molecule is CCCC1CCC(c2ccc(-c3ccc(CCc4ccc(CC)c(F)c4F)cc3)c(F)c2F)CC1. The molecule has 0 unspecified atom stereocenters. The van der Waals surface area contributed by atoms with Crippen LogP contribution in [0.15, 0.2) is 48.5 Å². The van der Waals surface area contributed by atoms with E-state index in [-0.39, 0.29) is 11.5 Å². The van der Waals surface area contributed by atoms with Gasteiger partial charge < -0.3 is 0 Å². The van der Waals surface area contributed by atoms with E-state index in [1.165, 1.54) is 12.8 Å². The first kappa shape index (κ1) is 25.5. The maximum absolute atomic E-state index is 15.1. The van der Waals surface area contributed by atoms with E-state index in [0.29, 0.717) is 47.4 Å². The molecule has 1 aliphatic rings. The Hall–Kier alpha value is -2.62. The average Bonchev–Trinajstić information content (AvgIpc) is 2.88. The lowest BCUT2D eigenvalue weighted by Gasteiger charge is -2.29. The van der Waals surface area contributed by atoms with Crippen molar-refractivity contribution in [2.75, 3.05) is 0 Å². The molecule has 4 heteroatoms. The number of benzene rings is 3. The molecule has 0 amide bonds. The highest BCUT2D eigenvalue weighted by Crippen LogP contribution is 2.40. The van der Waals surface area contributed by atoms with Crippen LogP contribution in [0.1, 0.15) is 80.5 Å². The van der Waals surface area contributed by atoms with E-state index in [9.17, 15) is 8.78 Å². The van der Waals surface area contributed by atoms with Crippen molar-refractivity contribution in [1.29, 1.82) is 0 Å². The molecule has 0 nitrogen and oxygen atoms in total. The standard InChI is InChI=1S/C31H34F4/c1-3-5-20-6-11-23(12-7-20)26-18-19-27(31(35)30(26)34)24-13-8-21(9-14-24)10-15-25-17-16-22(4-2)28(32)29(25)33/h8-9,13-14,16-20,23H,3-7,10-12,15H2,1-2H3. The molecule has 0 heterocycles. The van der Waals surface area contributed by atoms with E-state index in [1.807, 2.05) is 12.1 Å². The molecule has 0 atom stereocenters. The van der Waals surface area contributed by atoms with Gasteiger partial charge in [-0.15, -0.1) is 0 Å². The van der Waals surface area contributed by atoms with Crippen molar-refractivity contribution >= 4 is 0 Å². The van der Waals surface area contributed by atoms with Crippen LogP contribution in [0.3, 0.4) is 0 Å². The fourth-order valence-electron chi connectivity index (χ4n) is 5.50. The van der Waals surface area contributed by atoms with E-state index in [0.717, 1.165) is 31.2 Å². The van der Waals surface area contributed by atoms with Gasteiger partial charge in [0.2, 0.25) is 0 Å². The lowest BCUT2D eigenvalue weighted by atomic mass is 9.77. The molecular weight excluding hydrogens is 448 g/mol. The Morgan fingerprint density at radius 2 is 1.31 bits per heavy atom. The zero-order valence-corrected chi connectivity index (χ0v) is 20.6. The predicted molar refractivity (Wildman–Crippen MR) is 135 cm³/mol. The average molecular weight is 483 g/mol. The molecule has 0 radical (unpaired) electrons. The molecule has 0 aliphatic heterocycles. The highest BCUT2D eigenvalue weighted by molar-refractivity contribution is 5.65. The topological polar surface area (TPSA) is 0 Å². The molecule has 4 rings (SSSR count). The summed E-state index contributed by atoms with van der Waals surface area (Å²) < 4.78 is 58.5. The second kappa shape index (κ2) is 11.4. The van der Waals surface area contributed by atoms with Gasteiger partial charge in [0.1, 0.15) is 0 Å². The highest BCUT2D eigenvalue weighted by Gasteiger charge is 2.26. The van der Waals surface area contributed by atoms with Gasteiger partial charge in [-0.2, -0.15) is 0 Å². The summed E-state index contributed by atoms with van der Waals surface area (Å²) in [7, 11) is 0. The summed E-state index contributed by atoms with van der Waals surface area (Å²) in [6.45, 7) is 3.98. The zero-order chi connectivity index (χ0) is 24.9. The van der Waals surface area contributed by atoms with Gasteiger partial charge in [-0.1, -0.05) is 75.2 Å². The Morgan fingerprint density at radius 1 is 0.657 bits per heavy atom. The van der Waals surface area contributed by atoms with Crippen LogP contribution in [0.4, 0.5) is 17.6 Å². The molecule has 3 aromatic rings. The van der Waals surface area contributed by atoms with Gasteiger partial charge in [-0.05, 0) is 84.6 Å². The summed E-state index contributed by atoms with van der Waals surface area (Å²) in [6.07, 6.45) is 7.74. The van der Waals surface area contributed by atoms with E-state index in [2.05, 4.69) is 6.92 Å². The monoisotopic (exact) mass is 482 g/mol. The van der Waals surface area contributed by atoms with Gasteiger partial charge in [0.15, 0.2) is 23.3 Å². The van der Waals surface area contributed by atoms with Crippen LogP contribution in [0.2, 0.25) is 0 Å². The molecule has 35 heavy (non-hydrogen) atoms. The van der Waals surface area contributed by atoms with Crippen LogP contribution in [-0.4, -0.2) is 0 Å². The van der Waals surface area contributed by atoms with Gasteiger partial charge in [0.25, 0.3) is 0 Å². The second-order valence-electron chi connectivity index (χ2n) is 9.90. The van der Waals surface area contributed by atoms with Gasteiger partial charge in [-0.3, -0.25) is 0 Å². The van der Waals surface area contributed by atoms with Crippen LogP contribution in [0.5, 0.6) is 0 Å². The van der Waals surface area contributed by atoms with Crippen molar-refractivity contribution in [3.63, 3.8) is 0 Å². The summed E-state index contributed by atoms with van der Waals surface area (Å²) in [4.78, 5) is 0. The third-order valence-corrected chi connectivity index (χ3v) is 7.67. The summed E-state index contributed by atoms with van der Waals surface area (Å²) in [6, 6.07) is 13.9. The smallest absolute Gasteiger partial charge is 0.166 e. The first-order valence-corrected chi connectivity index (χ1v) is 13.0. The first-order valence-electron chi connectivity index (χ1n) is 13.0. The molecule has 0 bridgehead atoms. The minimum absolute atomic E-state index is 0.0886. The normalized spacial score (nSPS) is 18.1. The van der Waals surface area contributed by atoms with E-state index in [1.54, 1.807) is 43.3 Å². The van der Waals surface area contributed by atoms with Crippen molar-refractivity contribution < 1.29 is 17.6 Å². The molecule has 0 saturated heterocycles. The number of aryl methyl sites for hydroxylation is 3. The predicted octanol–water partition coefficient (Wildman–Crippen LogP) is 9.33. The Kier molecular flexibility index (Phi) is 8.30. The lowest BCUT2D eigenvalue weighted by Crippen LogP contribution is -2.14. The van der Waals surface area contributed by atoms with Crippen molar-refractivity contribution in [3.8, 4) is 11.1 Å². The van der Waals surface area contributed by atoms with Gasteiger partial charge >= 0.3 is 0 Å². The summed E-state index contributed by atoms with van der Waals surface area (Å²) in [5.41, 5.74) is 3.00. The van der Waals surface area contributed by atoms with Crippen molar-refractivity contribution in [2.24, 2.45) is 5.92 Å². The van der Waals surface area contributed by atoms with E-state index in [4.69, 9.17) is 0 Å². The molecule has 0 aromatic heterocycles. The molecule has 186 valence electrons. The van der Waals surface area contributed by atoms with Crippen LogP contribution < -0.4 is 0 Å². The Bertz CT molecular complexity index is 1140. The zero-order valence-electron chi connectivity index (χ0n) is 20.6. The summed E-state index contributed by atoms with van der Waals surface area (Å²) in [5.74, 6) is -2.26. The van der Waals surface area contributed by atoms with Gasteiger partial charge in [0.05, 0.1) is 0 Å². The third kappa shape index (κ3) is 5.63. The molecule has 1 fully saturated rings. The van der Waals surface area contributed by atoms with E-state index < -0.39 is 23.3 Å². The molecule has 1 aliphatic carbocycles. The molecule has 0 spiro atoms. The maximum Gasteiger partial charge on any atom is 0.166 e. The van der Waals surface area contributed by atoms with Crippen LogP contribution in [0.25, 0.3) is 11.1 Å². The molecule has 3 aromatic carbocycles. The molecule has 0 N–H and O–H groups in total. The van der Waals surface area contributed by atoms with Crippen LogP contribution in [0, 0.1) is 29.2 Å². The van der Waals surface area contributed by atoms with Gasteiger partial charge in [-0.25, -0.2) is 17.6 Å². The Labute approximate surface area is 206 Å². The fourth-order valence-corrected chi connectivity index (χ4v) is 5.50. The fraction of sp³-hybridized carbons (Fsp3) is 0.419. The van der Waals surface area contributed by atoms with Crippen LogP contribution in [-0.2, 0) is 19.3 Å². The van der Waals surface area contributed by atoms with Crippen LogP contribution >= 0.6 is 0 Å². The van der Waals surface area contributed by atoms with Gasteiger partial charge in [0, 0.05) is 5.56 Å². The second-order valence-corrected chi connectivity index (χ2v) is 9.90. The minimum Gasteiger partial charge on any atom is -0.203 e. The Balaban J connectivity index is 1.44. The number of hydrogen-bond donors (Lipinski definition) is 0. The summed E-state index contributed by atoms with van der Waals surface area (Å²) >= 11 is 0. The first-order chi connectivity index (χ1) is 16.9. The third-order valence-electron chi connectivity index (χ3n) is 7.67. The van der Waals surface area contributed by atoms with Crippen molar-refractivity contribution in [3.05, 3.63) is 94.1 Å². The number of rotatable bonds is 8. The van der Waals surface area contributed by atoms with E-state index >= 15 is 8.78 Å². The minimum atomic E-state index is -0.792. The molecule has 1 saturated carbocycles. The lowest BCUT2D eigenvalue weighted by molar-refractivity contribution is 0.303. The largest absolute Gasteiger partial charge is 0.203 e. The Morgan fingerprint density at radius 3 is 1.97 bits per heavy atom. The quantitative estimate of drug-likeness (QED) is 0.281. The highest BCUT2D eigenvalue weighted by atomic mass is 19.2.